The van der Waals surface area contributed by atoms with E-state index >= 15 is 0 Å². The Kier molecular flexibility index (Phi) is 6.00. The van der Waals surface area contributed by atoms with Gasteiger partial charge in [-0.05, 0) is 29.5 Å². The second-order valence-corrected chi connectivity index (χ2v) is 5.07. The van der Waals surface area contributed by atoms with E-state index in [1.165, 1.54) is 6.20 Å². The predicted octanol–water partition coefficient (Wildman–Crippen LogP) is 1.93. The van der Waals surface area contributed by atoms with Crippen LogP contribution in [0.1, 0.15) is 6.92 Å². The van der Waals surface area contributed by atoms with Gasteiger partial charge in [0.1, 0.15) is 11.0 Å². The zero-order valence-corrected chi connectivity index (χ0v) is 12.8. The number of nitrogens with zero attached hydrogens (tertiary/aromatic N) is 3. The van der Waals surface area contributed by atoms with Crippen molar-refractivity contribution < 1.29 is 13.2 Å². The Balaban J connectivity index is 2.77. The third-order valence-electron chi connectivity index (χ3n) is 2.66. The van der Waals surface area contributed by atoms with E-state index in [0.29, 0.717) is 16.9 Å². The van der Waals surface area contributed by atoms with Crippen molar-refractivity contribution in [1.82, 2.24) is 14.7 Å². The van der Waals surface area contributed by atoms with Gasteiger partial charge in [0.25, 0.3) is 5.56 Å². The highest BCUT2D eigenvalue weighted by atomic mass is 79.9. The minimum atomic E-state index is -4.48. The van der Waals surface area contributed by atoms with E-state index in [9.17, 15) is 18.0 Å². The van der Waals surface area contributed by atoms with Crippen LogP contribution >= 0.6 is 15.9 Å². The first-order chi connectivity index (χ1) is 9.24. The average Bonchev–Trinajstić information content (AvgIpc) is 2.36. The minimum Gasteiger partial charge on any atom is -0.381 e. The molecule has 0 radical (unpaired) electrons. The van der Waals surface area contributed by atoms with E-state index in [0.717, 1.165) is 13.1 Å². The first-order valence-corrected chi connectivity index (χ1v) is 6.78. The summed E-state index contributed by atoms with van der Waals surface area (Å²) in [7, 11) is 1.94. The maximum atomic E-state index is 12.2. The molecule has 0 bridgehead atoms. The van der Waals surface area contributed by atoms with Crippen LogP contribution in [0.5, 0.6) is 0 Å². The van der Waals surface area contributed by atoms with Crippen LogP contribution in [0.3, 0.4) is 0 Å². The Morgan fingerprint density at radius 2 is 2.15 bits per heavy atom. The molecule has 0 saturated carbocycles. The Hall–Kier alpha value is -1.09. The highest BCUT2D eigenvalue weighted by molar-refractivity contribution is 9.10. The number of likely N-dealkylation sites (N-methyl/N-ethyl adjacent to an activating group) is 1. The molecule has 1 rings (SSSR count). The van der Waals surface area contributed by atoms with E-state index in [2.05, 4.69) is 31.2 Å². The van der Waals surface area contributed by atoms with Gasteiger partial charge in [0.2, 0.25) is 0 Å². The number of hydrogen-bond acceptors (Lipinski definition) is 4. The van der Waals surface area contributed by atoms with Crippen LogP contribution in [0, 0.1) is 0 Å². The minimum absolute atomic E-state index is 0.0518. The third-order valence-corrected chi connectivity index (χ3v) is 3.43. The molecule has 1 heterocycles. The Morgan fingerprint density at radius 3 is 2.70 bits per heavy atom. The van der Waals surface area contributed by atoms with Gasteiger partial charge in [-0.3, -0.25) is 4.79 Å². The van der Waals surface area contributed by atoms with Gasteiger partial charge in [0.15, 0.2) is 0 Å². The maximum absolute atomic E-state index is 12.2. The average molecular weight is 357 g/mol. The SMILES string of the molecule is CCN(C)CCNc1cnn(CC(F)(F)F)c(=O)c1Br. The molecule has 1 aromatic heterocycles. The first kappa shape index (κ1) is 17.0. The molecular formula is C11H16BrF3N4O. The number of anilines is 1. The lowest BCUT2D eigenvalue weighted by Crippen LogP contribution is -2.31. The molecular weight excluding hydrogens is 341 g/mol. The van der Waals surface area contributed by atoms with Crippen molar-refractivity contribution in [1.29, 1.82) is 0 Å². The Bertz CT molecular complexity index is 503. The van der Waals surface area contributed by atoms with Crippen molar-refractivity contribution in [3.8, 4) is 0 Å². The summed E-state index contributed by atoms with van der Waals surface area (Å²) in [5.41, 5.74) is -0.422. The van der Waals surface area contributed by atoms with E-state index in [-0.39, 0.29) is 4.47 Å². The lowest BCUT2D eigenvalue weighted by Gasteiger charge is -2.15. The van der Waals surface area contributed by atoms with Crippen LogP contribution in [0.15, 0.2) is 15.5 Å². The molecule has 0 amide bonds. The Labute approximate surface area is 122 Å². The topological polar surface area (TPSA) is 50.2 Å². The summed E-state index contributed by atoms with van der Waals surface area (Å²) in [6.45, 7) is 2.80. The van der Waals surface area contributed by atoms with Gasteiger partial charge in [-0.2, -0.15) is 18.3 Å². The van der Waals surface area contributed by atoms with E-state index in [1.807, 2.05) is 14.0 Å². The lowest BCUT2D eigenvalue weighted by molar-refractivity contribution is -0.143. The summed E-state index contributed by atoms with van der Waals surface area (Å²) in [5, 5.41) is 6.48. The van der Waals surface area contributed by atoms with Crippen molar-refractivity contribution >= 4 is 21.6 Å². The fraction of sp³-hybridized carbons (Fsp3) is 0.636. The number of hydrogen-bond donors (Lipinski definition) is 1. The molecule has 20 heavy (non-hydrogen) atoms. The fourth-order valence-corrected chi connectivity index (χ4v) is 1.86. The van der Waals surface area contributed by atoms with Gasteiger partial charge in [-0.25, -0.2) is 4.68 Å². The zero-order chi connectivity index (χ0) is 15.3. The lowest BCUT2D eigenvalue weighted by atomic mass is 10.4. The zero-order valence-electron chi connectivity index (χ0n) is 11.2. The van der Waals surface area contributed by atoms with Gasteiger partial charge in [-0.15, -0.1) is 0 Å². The van der Waals surface area contributed by atoms with E-state index in [4.69, 9.17) is 0 Å². The van der Waals surface area contributed by atoms with Gasteiger partial charge in [0, 0.05) is 13.1 Å². The summed E-state index contributed by atoms with van der Waals surface area (Å²) in [5.74, 6) is 0. The van der Waals surface area contributed by atoms with Crippen molar-refractivity contribution in [2.45, 2.75) is 19.6 Å². The smallest absolute Gasteiger partial charge is 0.381 e. The number of nitrogens with one attached hydrogen (secondary N) is 1. The van der Waals surface area contributed by atoms with Gasteiger partial charge in [-0.1, -0.05) is 6.92 Å². The summed E-state index contributed by atoms with van der Waals surface area (Å²) >= 11 is 3.01. The number of alkyl halides is 3. The van der Waals surface area contributed by atoms with Crippen LogP contribution in [-0.4, -0.2) is 47.5 Å². The van der Waals surface area contributed by atoms with Crippen molar-refractivity contribution in [3.63, 3.8) is 0 Å². The molecule has 0 aliphatic rings. The summed E-state index contributed by atoms with van der Waals surface area (Å²) in [6.07, 6.45) is -3.27. The van der Waals surface area contributed by atoms with Crippen molar-refractivity contribution in [2.24, 2.45) is 0 Å². The second kappa shape index (κ2) is 7.07. The molecule has 0 aliphatic heterocycles. The molecule has 0 fully saturated rings. The fourth-order valence-electron chi connectivity index (χ4n) is 1.41. The highest BCUT2D eigenvalue weighted by Crippen LogP contribution is 2.19. The number of halogens is 4. The largest absolute Gasteiger partial charge is 0.408 e. The van der Waals surface area contributed by atoms with Crippen LogP contribution in [-0.2, 0) is 6.54 Å². The molecule has 9 heteroatoms. The first-order valence-electron chi connectivity index (χ1n) is 5.99. The number of rotatable bonds is 6. The van der Waals surface area contributed by atoms with Crippen molar-refractivity contribution in [3.05, 3.63) is 21.0 Å². The molecule has 1 N–H and O–H groups in total. The summed E-state index contributed by atoms with van der Waals surface area (Å²) in [6, 6.07) is 0. The molecule has 1 aromatic rings. The quantitative estimate of drug-likeness (QED) is 0.846. The molecule has 114 valence electrons. The maximum Gasteiger partial charge on any atom is 0.408 e. The molecule has 0 unspecified atom stereocenters. The van der Waals surface area contributed by atoms with E-state index in [1.54, 1.807) is 0 Å². The summed E-state index contributed by atoms with van der Waals surface area (Å²) < 4.78 is 37.2. The van der Waals surface area contributed by atoms with Crippen LogP contribution in [0.2, 0.25) is 0 Å². The molecule has 5 nitrogen and oxygen atoms in total. The summed E-state index contributed by atoms with van der Waals surface area (Å²) in [4.78, 5) is 13.8. The van der Waals surface area contributed by atoms with Crippen LogP contribution in [0.25, 0.3) is 0 Å². The number of aromatic nitrogens is 2. The van der Waals surface area contributed by atoms with Crippen LogP contribution in [0.4, 0.5) is 18.9 Å². The second-order valence-electron chi connectivity index (χ2n) is 4.27. The monoisotopic (exact) mass is 356 g/mol. The van der Waals surface area contributed by atoms with Gasteiger partial charge >= 0.3 is 6.18 Å². The Morgan fingerprint density at radius 1 is 1.50 bits per heavy atom. The predicted molar refractivity (Wildman–Crippen MR) is 73.9 cm³/mol. The molecule has 0 aliphatic carbocycles. The van der Waals surface area contributed by atoms with E-state index < -0.39 is 18.3 Å². The molecule has 0 saturated heterocycles. The van der Waals surface area contributed by atoms with Crippen molar-refractivity contribution in [2.75, 3.05) is 32.0 Å². The third kappa shape index (κ3) is 5.12. The van der Waals surface area contributed by atoms with Crippen LogP contribution < -0.4 is 10.9 Å². The molecule has 0 atom stereocenters. The normalized spacial score (nSPS) is 11.9. The standard InChI is InChI=1S/C11H16BrF3N4O/c1-3-18(2)5-4-16-8-6-17-19(7-11(13,14)15)10(20)9(8)12/h6,16H,3-5,7H2,1-2H3. The molecule has 0 spiro atoms. The van der Waals surface area contributed by atoms with Gasteiger partial charge < -0.3 is 10.2 Å². The highest BCUT2D eigenvalue weighted by Gasteiger charge is 2.29. The molecule has 0 aromatic carbocycles. The van der Waals surface area contributed by atoms with Gasteiger partial charge in [0.05, 0.1) is 11.9 Å².